The molecule has 2 aromatic carbocycles. The number of fused-ring (bicyclic) bond motifs is 1. The molecule has 0 spiro atoms. The van der Waals surface area contributed by atoms with Gasteiger partial charge in [-0.2, -0.15) is 0 Å². The van der Waals surface area contributed by atoms with Crippen LogP contribution < -0.4 is 14.8 Å². The number of aryl methyl sites for hydroxylation is 1. The highest BCUT2D eigenvalue weighted by Crippen LogP contribution is 2.34. The summed E-state index contributed by atoms with van der Waals surface area (Å²) in [7, 11) is 0. The van der Waals surface area contributed by atoms with Gasteiger partial charge in [0.05, 0.1) is 10.7 Å². The van der Waals surface area contributed by atoms with Gasteiger partial charge in [0.2, 0.25) is 0 Å². The summed E-state index contributed by atoms with van der Waals surface area (Å²) in [5.74, 6) is 1.54. The van der Waals surface area contributed by atoms with Crippen LogP contribution in [0.4, 0.5) is 0 Å². The Balaban J connectivity index is 1.23. The monoisotopic (exact) mass is 433 g/mol. The lowest BCUT2D eigenvalue weighted by Crippen LogP contribution is -2.22. The molecule has 0 bridgehead atoms. The van der Waals surface area contributed by atoms with E-state index in [-0.39, 0.29) is 11.6 Å². The predicted octanol–water partition coefficient (Wildman–Crippen LogP) is 4.47. The summed E-state index contributed by atoms with van der Waals surface area (Å²) < 4.78 is 16.5. The minimum Gasteiger partial charge on any atom is -0.486 e. The number of nitrogens with one attached hydrogen (secondary N) is 1. The van der Waals surface area contributed by atoms with Crippen LogP contribution in [0.15, 0.2) is 58.4 Å². The molecule has 0 fully saturated rings. The van der Waals surface area contributed by atoms with Gasteiger partial charge in [0.1, 0.15) is 13.2 Å². The maximum Gasteiger partial charge on any atom is 0.273 e. The molecule has 0 radical (unpaired) electrons. The number of carbonyl (C=O) groups excluding carboxylic acids is 1. The van der Waals surface area contributed by atoms with Crippen molar-refractivity contribution in [1.29, 1.82) is 0 Å². The number of hydrogen-bond donors (Lipinski definition) is 1. The molecule has 1 amide bonds. The Morgan fingerprint density at radius 3 is 2.58 bits per heavy atom. The van der Waals surface area contributed by atoms with Crippen LogP contribution in [0.1, 0.15) is 21.1 Å². The molecule has 0 saturated carbocycles. The van der Waals surface area contributed by atoms with Gasteiger partial charge in [0, 0.05) is 29.1 Å². The number of hydrogen-bond acceptors (Lipinski definition) is 7. The summed E-state index contributed by atoms with van der Waals surface area (Å²) in [6.07, 6.45) is 0. The maximum absolute atomic E-state index is 12.5. The van der Waals surface area contributed by atoms with E-state index in [0.29, 0.717) is 37.0 Å². The number of carbonyl (C=O) groups is 1. The molecular formula is C23H19N3O4S. The largest absolute Gasteiger partial charge is 0.486 e. The number of benzene rings is 2. The van der Waals surface area contributed by atoms with Gasteiger partial charge in [-0.3, -0.25) is 4.79 Å². The summed E-state index contributed by atoms with van der Waals surface area (Å²) in [5.41, 5.74) is 4.00. The minimum absolute atomic E-state index is 0.222. The highest BCUT2D eigenvalue weighted by molar-refractivity contribution is 7.09. The zero-order chi connectivity index (χ0) is 21.2. The molecule has 1 N–H and O–H groups in total. The first kappa shape index (κ1) is 19.3. The number of aromatic nitrogens is 2. The molecule has 1 aliphatic heterocycles. The number of amides is 1. The highest BCUT2D eigenvalue weighted by atomic mass is 32.1. The molecule has 8 heteroatoms. The van der Waals surface area contributed by atoms with Gasteiger partial charge in [-0.15, -0.1) is 11.3 Å². The van der Waals surface area contributed by atoms with Gasteiger partial charge in [0.25, 0.3) is 5.91 Å². The average molecular weight is 433 g/mol. The first-order valence-electron chi connectivity index (χ1n) is 9.82. The van der Waals surface area contributed by atoms with Crippen LogP contribution in [-0.2, 0) is 6.54 Å². The molecule has 0 saturated heterocycles. The molecule has 0 aliphatic carbocycles. The van der Waals surface area contributed by atoms with E-state index >= 15 is 0 Å². The van der Waals surface area contributed by atoms with Gasteiger partial charge < -0.3 is 19.3 Å². The third kappa shape index (κ3) is 4.15. The van der Waals surface area contributed by atoms with Crippen molar-refractivity contribution in [3.05, 3.63) is 70.2 Å². The van der Waals surface area contributed by atoms with Gasteiger partial charge >= 0.3 is 0 Å². The molecule has 0 unspecified atom stereocenters. The second-order valence-electron chi connectivity index (χ2n) is 7.07. The lowest BCUT2D eigenvalue weighted by Gasteiger charge is -2.18. The van der Waals surface area contributed by atoms with Crippen molar-refractivity contribution in [2.45, 2.75) is 13.5 Å². The third-order valence-corrected chi connectivity index (χ3v) is 5.66. The smallest absolute Gasteiger partial charge is 0.273 e. The lowest BCUT2D eigenvalue weighted by molar-refractivity contribution is 0.0942. The molecule has 2 aromatic heterocycles. The Kier molecular flexibility index (Phi) is 5.13. The third-order valence-electron chi connectivity index (χ3n) is 4.89. The van der Waals surface area contributed by atoms with E-state index < -0.39 is 0 Å². The van der Waals surface area contributed by atoms with E-state index in [1.807, 2.05) is 54.8 Å². The molecule has 0 atom stereocenters. The Labute approximate surface area is 182 Å². The number of rotatable bonds is 5. The highest BCUT2D eigenvalue weighted by Gasteiger charge is 2.17. The Hall–Kier alpha value is -3.65. The molecule has 4 aromatic rings. The van der Waals surface area contributed by atoms with Crippen LogP contribution in [0.2, 0.25) is 0 Å². The first-order valence-corrected chi connectivity index (χ1v) is 10.7. The van der Waals surface area contributed by atoms with Gasteiger partial charge in [-0.25, -0.2) is 4.98 Å². The Morgan fingerprint density at radius 2 is 1.81 bits per heavy atom. The van der Waals surface area contributed by atoms with Crippen molar-refractivity contribution < 1.29 is 18.8 Å². The standard InChI is InChI=1S/C23H19N3O4S/c1-14-25-19(13-31-14)16-4-2-15(3-5-16)12-24-23(27)18-11-21(30-26-18)17-6-7-20-22(10-17)29-9-8-28-20/h2-7,10-11,13H,8-9,12H2,1H3,(H,24,27). The van der Waals surface area contributed by atoms with Crippen molar-refractivity contribution in [2.75, 3.05) is 13.2 Å². The number of ether oxygens (including phenoxy) is 2. The Morgan fingerprint density at radius 1 is 1.03 bits per heavy atom. The fourth-order valence-electron chi connectivity index (χ4n) is 3.28. The van der Waals surface area contributed by atoms with E-state index in [4.69, 9.17) is 14.0 Å². The van der Waals surface area contributed by atoms with Crippen molar-refractivity contribution in [2.24, 2.45) is 0 Å². The molecule has 156 valence electrons. The van der Waals surface area contributed by atoms with E-state index in [9.17, 15) is 4.79 Å². The zero-order valence-electron chi connectivity index (χ0n) is 16.8. The topological polar surface area (TPSA) is 86.5 Å². The summed E-state index contributed by atoms with van der Waals surface area (Å²) in [5, 5.41) is 9.85. The SMILES string of the molecule is Cc1nc(-c2ccc(CNC(=O)c3cc(-c4ccc5c(c4)OCCO5)on3)cc2)cs1. The molecular weight excluding hydrogens is 414 g/mol. The molecule has 7 nitrogen and oxygen atoms in total. The Bertz CT molecular complexity index is 1230. The van der Waals surface area contributed by atoms with Crippen molar-refractivity contribution >= 4 is 17.2 Å². The van der Waals surface area contributed by atoms with E-state index in [0.717, 1.165) is 27.4 Å². The van der Waals surface area contributed by atoms with Gasteiger partial charge in [-0.1, -0.05) is 29.4 Å². The zero-order valence-corrected chi connectivity index (χ0v) is 17.6. The van der Waals surface area contributed by atoms with Crippen LogP contribution in [0, 0.1) is 6.92 Å². The fourth-order valence-corrected chi connectivity index (χ4v) is 3.90. The van der Waals surface area contributed by atoms with Crippen LogP contribution in [0.25, 0.3) is 22.6 Å². The summed E-state index contributed by atoms with van der Waals surface area (Å²) in [6, 6.07) is 15.1. The van der Waals surface area contributed by atoms with Crippen LogP contribution in [0.3, 0.4) is 0 Å². The number of thiazole rings is 1. The fraction of sp³-hybridized carbons (Fsp3) is 0.174. The normalized spacial score (nSPS) is 12.5. The van der Waals surface area contributed by atoms with Gasteiger partial charge in [-0.05, 0) is 30.7 Å². The van der Waals surface area contributed by atoms with Crippen molar-refractivity contribution in [1.82, 2.24) is 15.5 Å². The molecule has 1 aliphatic rings. The van der Waals surface area contributed by atoms with Crippen LogP contribution in [-0.4, -0.2) is 29.3 Å². The van der Waals surface area contributed by atoms with Crippen molar-refractivity contribution in [3.63, 3.8) is 0 Å². The predicted molar refractivity (Wildman–Crippen MR) is 116 cm³/mol. The summed E-state index contributed by atoms with van der Waals surface area (Å²) >= 11 is 1.63. The minimum atomic E-state index is -0.299. The van der Waals surface area contributed by atoms with Crippen LogP contribution in [0.5, 0.6) is 11.5 Å². The second-order valence-corrected chi connectivity index (χ2v) is 8.13. The van der Waals surface area contributed by atoms with Crippen LogP contribution >= 0.6 is 11.3 Å². The van der Waals surface area contributed by atoms with Gasteiger partial charge in [0.15, 0.2) is 23.0 Å². The van der Waals surface area contributed by atoms with E-state index in [1.165, 1.54) is 0 Å². The van der Waals surface area contributed by atoms with Crippen molar-refractivity contribution in [3.8, 4) is 34.1 Å². The lowest BCUT2D eigenvalue weighted by atomic mass is 10.1. The summed E-state index contributed by atoms with van der Waals surface area (Å²) in [4.78, 5) is 17.0. The first-order chi connectivity index (χ1) is 15.2. The number of nitrogens with zero attached hydrogens (tertiary/aromatic N) is 2. The molecule has 3 heterocycles. The molecule has 5 rings (SSSR count). The van der Waals surface area contributed by atoms with E-state index in [1.54, 1.807) is 17.4 Å². The second kappa shape index (κ2) is 8.23. The van der Waals surface area contributed by atoms with E-state index in [2.05, 4.69) is 15.5 Å². The molecule has 31 heavy (non-hydrogen) atoms. The summed E-state index contributed by atoms with van der Waals surface area (Å²) in [6.45, 7) is 3.42. The average Bonchev–Trinajstić information content (AvgIpc) is 3.47. The maximum atomic E-state index is 12.5. The quantitative estimate of drug-likeness (QED) is 0.500.